The lowest BCUT2D eigenvalue weighted by Gasteiger charge is -2.26. The van der Waals surface area contributed by atoms with Gasteiger partial charge in [0.1, 0.15) is 0 Å². The molecule has 2 N–H and O–H groups in total. The summed E-state index contributed by atoms with van der Waals surface area (Å²) in [6.45, 7) is 6.25. The first-order valence-corrected chi connectivity index (χ1v) is 5.65. The molecule has 5 heteroatoms. The second kappa shape index (κ2) is 8.45. The van der Waals surface area contributed by atoms with Gasteiger partial charge in [-0.3, -0.25) is 4.79 Å². The highest BCUT2D eigenvalue weighted by atomic mass is 16.4. The zero-order valence-corrected chi connectivity index (χ0v) is 10.6. The molecule has 96 valence electrons. The zero-order valence-electron chi connectivity index (χ0n) is 10.6. The lowest BCUT2D eigenvalue weighted by Crippen LogP contribution is -2.44. The number of urea groups is 1. The Balaban J connectivity index is 4.15. The van der Waals surface area contributed by atoms with E-state index in [-0.39, 0.29) is 18.5 Å². The summed E-state index contributed by atoms with van der Waals surface area (Å²) in [5, 5.41) is 11.2. The summed E-state index contributed by atoms with van der Waals surface area (Å²) in [7, 11) is 0. The minimum absolute atomic E-state index is 0.0402. The summed E-state index contributed by atoms with van der Waals surface area (Å²) in [6, 6.07) is -0.161. The fourth-order valence-electron chi connectivity index (χ4n) is 1.30. The molecule has 0 rings (SSSR count). The second-order valence-corrected chi connectivity index (χ2v) is 3.87. The van der Waals surface area contributed by atoms with E-state index in [9.17, 15) is 9.59 Å². The van der Waals surface area contributed by atoms with E-state index in [1.807, 2.05) is 13.8 Å². The Labute approximate surface area is 102 Å². The smallest absolute Gasteiger partial charge is 0.318 e. The molecule has 0 unspecified atom stereocenters. The lowest BCUT2D eigenvalue weighted by atomic mass is 10.2. The van der Waals surface area contributed by atoms with Gasteiger partial charge in [0.2, 0.25) is 0 Å². The molecule has 0 aromatic carbocycles. The molecule has 0 radical (unpaired) electrons. The summed E-state index contributed by atoms with van der Waals surface area (Å²) in [5.74, 6) is 4.59. The predicted molar refractivity (Wildman–Crippen MR) is 65.6 cm³/mol. The summed E-state index contributed by atoms with van der Waals surface area (Å²) < 4.78 is 0. The Bertz CT molecular complexity index is 315. The first-order valence-electron chi connectivity index (χ1n) is 5.65. The molecule has 0 aromatic rings. The molecule has 0 saturated carbocycles. The Hall–Kier alpha value is -1.70. The number of carboxylic acids is 1. The van der Waals surface area contributed by atoms with Crippen LogP contribution in [0, 0.1) is 11.8 Å². The van der Waals surface area contributed by atoms with E-state index in [0.717, 1.165) is 0 Å². The fourth-order valence-corrected chi connectivity index (χ4v) is 1.30. The number of amides is 2. The van der Waals surface area contributed by atoms with Crippen molar-refractivity contribution in [1.29, 1.82) is 0 Å². The molecule has 0 bridgehead atoms. The normalized spacial score (nSPS) is 9.41. The molecule has 0 fully saturated rings. The number of rotatable bonds is 6. The van der Waals surface area contributed by atoms with Gasteiger partial charge in [-0.25, -0.2) is 4.79 Å². The maximum atomic E-state index is 11.7. The van der Waals surface area contributed by atoms with Crippen molar-refractivity contribution >= 4 is 12.0 Å². The van der Waals surface area contributed by atoms with Gasteiger partial charge in [-0.1, -0.05) is 5.92 Å². The van der Waals surface area contributed by atoms with E-state index in [1.54, 1.807) is 11.8 Å². The van der Waals surface area contributed by atoms with Gasteiger partial charge in [0.05, 0.1) is 6.54 Å². The molecule has 0 aliphatic carbocycles. The first kappa shape index (κ1) is 15.3. The topological polar surface area (TPSA) is 69.6 Å². The van der Waals surface area contributed by atoms with Crippen molar-refractivity contribution in [2.75, 3.05) is 13.1 Å². The van der Waals surface area contributed by atoms with Gasteiger partial charge in [-0.15, -0.1) is 5.92 Å². The van der Waals surface area contributed by atoms with Crippen LogP contribution in [0.2, 0.25) is 0 Å². The number of nitrogens with one attached hydrogen (secondary N) is 1. The molecule has 5 nitrogen and oxygen atoms in total. The van der Waals surface area contributed by atoms with Gasteiger partial charge in [0.25, 0.3) is 0 Å². The Kier molecular flexibility index (Phi) is 7.61. The number of carbonyl (C=O) groups excluding carboxylic acids is 1. The van der Waals surface area contributed by atoms with Crippen molar-refractivity contribution in [2.45, 2.75) is 39.7 Å². The average Bonchev–Trinajstić information content (AvgIpc) is 2.23. The number of carbonyl (C=O) groups is 2. The lowest BCUT2D eigenvalue weighted by molar-refractivity contribution is -0.137. The van der Waals surface area contributed by atoms with Crippen molar-refractivity contribution in [1.82, 2.24) is 10.2 Å². The molecule has 0 saturated heterocycles. The molecule has 0 heterocycles. The van der Waals surface area contributed by atoms with Crippen molar-refractivity contribution < 1.29 is 14.7 Å². The Morgan fingerprint density at radius 1 is 1.41 bits per heavy atom. The predicted octanol–water partition coefficient (Wildman–Crippen LogP) is 1.29. The molecule has 0 spiro atoms. The van der Waals surface area contributed by atoms with Crippen LogP contribution in [0.5, 0.6) is 0 Å². The van der Waals surface area contributed by atoms with E-state index in [2.05, 4.69) is 17.2 Å². The van der Waals surface area contributed by atoms with Crippen LogP contribution in [0.25, 0.3) is 0 Å². The largest absolute Gasteiger partial charge is 0.481 e. The minimum Gasteiger partial charge on any atom is -0.481 e. The van der Waals surface area contributed by atoms with E-state index >= 15 is 0 Å². The maximum absolute atomic E-state index is 11.7. The van der Waals surface area contributed by atoms with Crippen LogP contribution < -0.4 is 5.32 Å². The van der Waals surface area contributed by atoms with Crippen molar-refractivity contribution in [3.63, 3.8) is 0 Å². The van der Waals surface area contributed by atoms with Crippen LogP contribution in [-0.2, 0) is 4.79 Å². The molecule has 2 amide bonds. The highest BCUT2D eigenvalue weighted by Crippen LogP contribution is 2.02. The number of hydrogen-bond donors (Lipinski definition) is 2. The van der Waals surface area contributed by atoms with E-state index in [1.165, 1.54) is 0 Å². The van der Waals surface area contributed by atoms with Gasteiger partial charge in [0.15, 0.2) is 0 Å². The quantitative estimate of drug-likeness (QED) is 0.687. The molecule has 0 aromatic heterocycles. The summed E-state index contributed by atoms with van der Waals surface area (Å²) in [6.07, 6.45) is 0.533. The van der Waals surface area contributed by atoms with Crippen molar-refractivity contribution in [3.8, 4) is 11.8 Å². The number of aliphatic carboxylic acids is 1. The van der Waals surface area contributed by atoms with Gasteiger partial charge < -0.3 is 15.3 Å². The SMILES string of the molecule is CC#CCNC(=O)N(CCCC(=O)O)C(C)C. The zero-order chi connectivity index (χ0) is 13.3. The van der Waals surface area contributed by atoms with Crippen LogP contribution in [0.1, 0.15) is 33.6 Å². The third kappa shape index (κ3) is 7.23. The third-order valence-electron chi connectivity index (χ3n) is 2.18. The van der Waals surface area contributed by atoms with Crippen LogP contribution >= 0.6 is 0 Å². The Morgan fingerprint density at radius 3 is 2.53 bits per heavy atom. The van der Waals surface area contributed by atoms with Gasteiger partial charge >= 0.3 is 12.0 Å². The molecule has 0 aliphatic heterocycles. The van der Waals surface area contributed by atoms with Gasteiger partial charge in [0, 0.05) is 19.0 Å². The minimum atomic E-state index is -0.842. The van der Waals surface area contributed by atoms with Crippen LogP contribution in [0.15, 0.2) is 0 Å². The van der Waals surface area contributed by atoms with Crippen molar-refractivity contribution in [3.05, 3.63) is 0 Å². The van der Waals surface area contributed by atoms with Gasteiger partial charge in [-0.2, -0.15) is 0 Å². The Morgan fingerprint density at radius 2 is 2.06 bits per heavy atom. The van der Waals surface area contributed by atoms with Crippen molar-refractivity contribution in [2.24, 2.45) is 0 Å². The van der Waals surface area contributed by atoms with E-state index in [4.69, 9.17) is 5.11 Å². The average molecular weight is 240 g/mol. The highest BCUT2D eigenvalue weighted by Gasteiger charge is 2.15. The number of carboxylic acid groups (broad SMARTS) is 1. The molecular formula is C12H20N2O3. The molecule has 17 heavy (non-hydrogen) atoms. The second-order valence-electron chi connectivity index (χ2n) is 3.87. The van der Waals surface area contributed by atoms with E-state index in [0.29, 0.717) is 19.5 Å². The third-order valence-corrected chi connectivity index (χ3v) is 2.18. The monoisotopic (exact) mass is 240 g/mol. The molecule has 0 aliphatic rings. The molecule has 0 atom stereocenters. The summed E-state index contributed by atoms with van der Waals surface area (Å²) in [4.78, 5) is 23.7. The highest BCUT2D eigenvalue weighted by molar-refractivity contribution is 5.74. The molecular weight excluding hydrogens is 220 g/mol. The summed E-state index contributed by atoms with van der Waals surface area (Å²) >= 11 is 0. The number of hydrogen-bond acceptors (Lipinski definition) is 2. The maximum Gasteiger partial charge on any atom is 0.318 e. The number of nitrogens with zero attached hydrogens (tertiary/aromatic N) is 1. The van der Waals surface area contributed by atoms with Crippen LogP contribution in [0.4, 0.5) is 4.79 Å². The standard InChI is InChI=1S/C12H20N2O3/c1-4-5-8-13-12(17)14(10(2)3)9-6-7-11(15)16/h10H,6-9H2,1-3H3,(H,13,17)(H,15,16). The van der Waals surface area contributed by atoms with Crippen LogP contribution in [0.3, 0.4) is 0 Å². The van der Waals surface area contributed by atoms with Crippen LogP contribution in [-0.4, -0.2) is 41.1 Å². The van der Waals surface area contributed by atoms with Gasteiger partial charge in [-0.05, 0) is 27.2 Å². The fraction of sp³-hybridized carbons (Fsp3) is 0.667. The first-order chi connectivity index (χ1) is 7.99. The summed E-state index contributed by atoms with van der Waals surface area (Å²) in [5.41, 5.74) is 0. The van der Waals surface area contributed by atoms with E-state index < -0.39 is 5.97 Å².